The molecule has 1 nitrogen and oxygen atoms in total. The molecule has 30 heavy (non-hydrogen) atoms. The first-order chi connectivity index (χ1) is 14.7. The molecule has 0 fully saturated rings. The molecule has 0 N–H and O–H groups in total. The Hall–Kier alpha value is -2.63. The molecule has 0 atom stereocenters. The van der Waals surface area contributed by atoms with E-state index in [0.29, 0.717) is 6.16 Å². The van der Waals surface area contributed by atoms with Crippen LogP contribution < -0.4 is 15.1 Å². The number of benzene rings is 4. The molecule has 148 valence electrons. The summed E-state index contributed by atoms with van der Waals surface area (Å²) in [4.78, 5) is 0. The first-order valence-corrected chi connectivity index (χ1v) is 13.5. The summed E-state index contributed by atoms with van der Waals surface area (Å²) in [5, 5.41) is 1.83. The molecule has 4 rings (SSSR count). The van der Waals surface area contributed by atoms with Crippen LogP contribution in [0.1, 0.15) is 5.56 Å². The molecule has 3 heteroatoms. The molecular weight excluding hydrogens is 450 g/mol. The van der Waals surface area contributed by atoms with Crippen molar-refractivity contribution in [1.29, 1.82) is 0 Å². The summed E-state index contributed by atoms with van der Waals surface area (Å²) in [5.74, 6) is 0. The third kappa shape index (κ3) is 5.10. The van der Waals surface area contributed by atoms with Gasteiger partial charge in [0.05, 0.1) is 0 Å². The van der Waals surface area contributed by atoms with Crippen LogP contribution in [-0.2, 0) is 4.57 Å². The number of hydrogen-bond donors (Lipinski definition) is 0. The minimum atomic E-state index is -2.81. The van der Waals surface area contributed by atoms with Crippen molar-refractivity contribution in [2.45, 2.75) is 0 Å². The van der Waals surface area contributed by atoms with Crippen LogP contribution in [0.2, 0.25) is 0 Å². The maximum absolute atomic E-state index is 14.6. The van der Waals surface area contributed by atoms with Crippen molar-refractivity contribution in [2.75, 3.05) is 6.16 Å². The fraction of sp³-hybridized carbons (Fsp3) is 0.0370. The van der Waals surface area contributed by atoms with Crippen molar-refractivity contribution in [3.63, 3.8) is 0 Å². The van der Waals surface area contributed by atoms with Crippen LogP contribution in [0, 0.1) is 0 Å². The molecule has 0 saturated carbocycles. The van der Waals surface area contributed by atoms with Crippen LogP contribution in [0.25, 0.3) is 6.08 Å². The molecule has 0 bridgehead atoms. The second-order valence-corrected chi connectivity index (χ2v) is 12.4. The van der Waals surface area contributed by atoms with Crippen molar-refractivity contribution < 1.29 is 4.57 Å². The molecule has 0 amide bonds. The predicted molar refractivity (Wildman–Crippen MR) is 131 cm³/mol. The summed E-state index contributed by atoms with van der Waals surface area (Å²) in [6.45, 7) is 0. The Labute approximate surface area is 185 Å². The fourth-order valence-corrected chi connectivity index (χ4v) is 9.15. The summed E-state index contributed by atoms with van der Waals surface area (Å²) in [6.07, 6.45) is 2.77. The molecule has 0 heterocycles. The standard InChI is InChI=1S/C27H23OPSe/c28-29(24-15-7-2-8-16-24,25-17-9-3-10-18-25)22-27(21-23-13-5-1-6-14-23)30-26-19-11-4-12-20-26/h1-21H,22H2/b27-21-. The SMILES string of the molecule is O=P(C/C(=C/c1ccccc1)[Se]c1ccccc1)(c1ccccc1)c1ccccc1. The van der Waals surface area contributed by atoms with Gasteiger partial charge in [-0.25, -0.2) is 0 Å². The zero-order valence-electron chi connectivity index (χ0n) is 16.6. The topological polar surface area (TPSA) is 17.1 Å². The molecule has 0 aromatic heterocycles. The Kier molecular flexibility index (Phi) is 6.82. The molecule has 0 aliphatic rings. The van der Waals surface area contributed by atoms with Gasteiger partial charge in [0.1, 0.15) is 0 Å². The molecule has 0 unspecified atom stereocenters. The van der Waals surface area contributed by atoms with Gasteiger partial charge in [-0.1, -0.05) is 0 Å². The van der Waals surface area contributed by atoms with Gasteiger partial charge >= 0.3 is 185 Å². The van der Waals surface area contributed by atoms with Gasteiger partial charge in [0, 0.05) is 0 Å². The molecule has 4 aromatic rings. The van der Waals surface area contributed by atoms with E-state index < -0.39 is 7.14 Å². The van der Waals surface area contributed by atoms with Crippen LogP contribution >= 0.6 is 7.14 Å². The summed E-state index contributed by atoms with van der Waals surface area (Å²) >= 11 is 0.0936. The van der Waals surface area contributed by atoms with Gasteiger partial charge < -0.3 is 0 Å². The monoisotopic (exact) mass is 474 g/mol. The van der Waals surface area contributed by atoms with Gasteiger partial charge in [-0.05, 0) is 0 Å². The van der Waals surface area contributed by atoms with E-state index in [4.69, 9.17) is 0 Å². The van der Waals surface area contributed by atoms with E-state index in [0.717, 1.165) is 16.2 Å². The molecular formula is C27H23OPSe. The van der Waals surface area contributed by atoms with Crippen LogP contribution in [-0.4, -0.2) is 21.1 Å². The number of hydrogen-bond acceptors (Lipinski definition) is 1. The third-order valence-electron chi connectivity index (χ3n) is 4.84. The maximum atomic E-state index is 14.6. The molecule has 0 spiro atoms. The van der Waals surface area contributed by atoms with Crippen molar-refractivity contribution in [1.82, 2.24) is 0 Å². The second-order valence-electron chi connectivity index (χ2n) is 7.01. The van der Waals surface area contributed by atoms with E-state index in [1.165, 1.54) is 8.93 Å². The Bertz CT molecular complexity index is 1100. The average molecular weight is 473 g/mol. The zero-order valence-corrected chi connectivity index (χ0v) is 19.2. The second kappa shape index (κ2) is 9.92. The van der Waals surface area contributed by atoms with E-state index in [-0.39, 0.29) is 15.0 Å². The molecule has 4 aromatic carbocycles. The predicted octanol–water partition coefficient (Wildman–Crippen LogP) is 5.07. The van der Waals surface area contributed by atoms with Gasteiger partial charge in [-0.3, -0.25) is 0 Å². The summed E-state index contributed by atoms with van der Waals surface area (Å²) in [5.41, 5.74) is 1.15. The zero-order chi connectivity index (χ0) is 20.7. The molecule has 0 aliphatic heterocycles. The van der Waals surface area contributed by atoms with Gasteiger partial charge in [-0.15, -0.1) is 0 Å². The van der Waals surface area contributed by atoms with E-state index in [9.17, 15) is 4.57 Å². The van der Waals surface area contributed by atoms with Crippen molar-refractivity contribution >= 4 is 43.2 Å². The van der Waals surface area contributed by atoms with Gasteiger partial charge in [-0.2, -0.15) is 0 Å². The molecule has 0 radical (unpaired) electrons. The summed E-state index contributed by atoms with van der Waals surface area (Å²) < 4.78 is 17.1. The van der Waals surface area contributed by atoms with Crippen molar-refractivity contribution in [3.8, 4) is 0 Å². The van der Waals surface area contributed by atoms with Gasteiger partial charge in [0.15, 0.2) is 0 Å². The van der Waals surface area contributed by atoms with Crippen molar-refractivity contribution in [3.05, 3.63) is 131 Å². The van der Waals surface area contributed by atoms with Crippen LogP contribution in [0.4, 0.5) is 0 Å². The first kappa shape index (κ1) is 20.6. The van der Waals surface area contributed by atoms with Crippen molar-refractivity contribution in [2.24, 2.45) is 0 Å². The Morgan fingerprint density at radius 1 is 0.633 bits per heavy atom. The first-order valence-electron chi connectivity index (χ1n) is 9.93. The normalized spacial score (nSPS) is 11.9. The van der Waals surface area contributed by atoms with Gasteiger partial charge in [0.2, 0.25) is 0 Å². The number of rotatable bonds is 7. The van der Waals surface area contributed by atoms with Crippen LogP contribution in [0.5, 0.6) is 0 Å². The minimum absolute atomic E-state index is 0.0936. The van der Waals surface area contributed by atoms with E-state index in [2.05, 4.69) is 42.5 Å². The Morgan fingerprint density at radius 3 is 1.57 bits per heavy atom. The summed E-state index contributed by atoms with van der Waals surface area (Å²) in [7, 11) is -2.81. The quantitative estimate of drug-likeness (QED) is 0.271. The third-order valence-corrected chi connectivity index (χ3v) is 10.5. The van der Waals surface area contributed by atoms with E-state index in [1.807, 2.05) is 84.9 Å². The Balaban J connectivity index is 1.78. The van der Waals surface area contributed by atoms with Crippen LogP contribution in [0.15, 0.2) is 126 Å². The average Bonchev–Trinajstić information content (AvgIpc) is 2.81. The Morgan fingerprint density at radius 2 is 1.07 bits per heavy atom. The molecule has 0 saturated heterocycles. The van der Waals surface area contributed by atoms with Crippen LogP contribution in [0.3, 0.4) is 0 Å². The fourth-order valence-electron chi connectivity index (χ4n) is 3.37. The number of allylic oxidation sites excluding steroid dienone is 1. The van der Waals surface area contributed by atoms with E-state index in [1.54, 1.807) is 0 Å². The summed E-state index contributed by atoms with van der Waals surface area (Å²) in [6, 6.07) is 40.7. The van der Waals surface area contributed by atoms with Gasteiger partial charge in [0.25, 0.3) is 0 Å². The van der Waals surface area contributed by atoms with E-state index >= 15 is 0 Å². The molecule has 0 aliphatic carbocycles.